The molecule has 0 unspecified atom stereocenters. The molecule has 1 aromatic heterocycles. The molecule has 0 fully saturated rings. The van der Waals surface area contributed by atoms with Gasteiger partial charge in [0.1, 0.15) is 0 Å². The predicted octanol–water partition coefficient (Wildman–Crippen LogP) is 1.89. The summed E-state index contributed by atoms with van der Waals surface area (Å²) in [4.78, 5) is 17.1. The second-order valence-electron chi connectivity index (χ2n) is 2.67. The van der Waals surface area contributed by atoms with Crippen molar-refractivity contribution in [2.24, 2.45) is 0 Å². The van der Waals surface area contributed by atoms with E-state index in [9.17, 15) is 4.79 Å². The third kappa shape index (κ3) is 3.44. The highest BCUT2D eigenvalue weighted by atomic mass is 79.9. The van der Waals surface area contributed by atoms with Crippen LogP contribution in [0.15, 0.2) is 10.9 Å². The third-order valence-electron chi connectivity index (χ3n) is 1.62. The van der Waals surface area contributed by atoms with Crippen molar-refractivity contribution in [1.82, 2.24) is 9.88 Å². The topological polar surface area (TPSA) is 33.2 Å². The first-order valence-corrected chi connectivity index (χ1v) is 5.97. The Morgan fingerprint density at radius 1 is 1.77 bits per heavy atom. The van der Waals surface area contributed by atoms with Gasteiger partial charge in [-0.25, -0.2) is 4.98 Å². The molecule has 0 N–H and O–H groups in total. The summed E-state index contributed by atoms with van der Waals surface area (Å²) in [6, 6.07) is 0. The Kier molecular flexibility index (Phi) is 4.38. The van der Waals surface area contributed by atoms with Crippen molar-refractivity contribution in [1.29, 1.82) is 0 Å². The van der Waals surface area contributed by atoms with E-state index in [4.69, 9.17) is 0 Å². The molecule has 0 saturated carbocycles. The maximum Gasteiger partial charge on any atom is 0.223 e. The molecule has 0 saturated heterocycles. The van der Waals surface area contributed by atoms with Crippen LogP contribution in [0.2, 0.25) is 0 Å². The van der Waals surface area contributed by atoms with Crippen LogP contribution < -0.4 is 0 Å². The first-order valence-electron chi connectivity index (χ1n) is 3.91. The number of aromatic nitrogens is 1. The molecule has 0 aliphatic carbocycles. The van der Waals surface area contributed by atoms with E-state index in [-0.39, 0.29) is 5.91 Å². The van der Waals surface area contributed by atoms with Crippen LogP contribution >= 0.6 is 27.3 Å². The van der Waals surface area contributed by atoms with Crippen LogP contribution in [0.3, 0.4) is 0 Å². The second-order valence-corrected chi connectivity index (χ2v) is 4.18. The molecule has 0 spiro atoms. The van der Waals surface area contributed by atoms with Gasteiger partial charge in [-0.05, 0) is 0 Å². The molecule has 0 radical (unpaired) electrons. The smallest absolute Gasteiger partial charge is 0.223 e. The van der Waals surface area contributed by atoms with Crippen molar-refractivity contribution in [3.05, 3.63) is 16.6 Å². The third-order valence-corrected chi connectivity index (χ3v) is 2.65. The van der Waals surface area contributed by atoms with Gasteiger partial charge in [0.15, 0.2) is 0 Å². The maximum absolute atomic E-state index is 11.3. The number of rotatable bonds is 4. The zero-order valence-electron chi connectivity index (χ0n) is 7.36. The number of carbonyl (C=O) groups is 1. The molecule has 5 heteroatoms. The van der Waals surface area contributed by atoms with Crippen molar-refractivity contribution in [2.45, 2.75) is 13.0 Å². The summed E-state index contributed by atoms with van der Waals surface area (Å²) in [7, 11) is 1.80. The van der Waals surface area contributed by atoms with Gasteiger partial charge in [-0.1, -0.05) is 15.9 Å². The van der Waals surface area contributed by atoms with E-state index in [0.29, 0.717) is 18.3 Å². The van der Waals surface area contributed by atoms with Gasteiger partial charge >= 0.3 is 0 Å². The predicted molar refractivity (Wildman–Crippen MR) is 57.0 cm³/mol. The Bertz CT molecular complexity index is 263. The minimum atomic E-state index is 0.143. The molecule has 72 valence electrons. The van der Waals surface area contributed by atoms with Gasteiger partial charge in [0.05, 0.1) is 17.7 Å². The van der Waals surface area contributed by atoms with Crippen LogP contribution in [0.1, 0.15) is 12.1 Å². The van der Waals surface area contributed by atoms with Crippen LogP contribution in [-0.4, -0.2) is 28.2 Å². The summed E-state index contributed by atoms with van der Waals surface area (Å²) >= 11 is 4.78. The number of hydrogen-bond acceptors (Lipinski definition) is 3. The summed E-state index contributed by atoms with van der Waals surface area (Å²) < 4.78 is 0. The molecule has 1 heterocycles. The molecule has 0 atom stereocenters. The lowest BCUT2D eigenvalue weighted by Gasteiger charge is -2.14. The number of halogens is 1. The molecule has 0 aliphatic rings. The Hall–Kier alpha value is -0.420. The SMILES string of the molecule is CN(Cc1cscn1)C(=O)CCBr. The van der Waals surface area contributed by atoms with Crippen molar-refractivity contribution >= 4 is 33.2 Å². The first-order chi connectivity index (χ1) is 6.24. The van der Waals surface area contributed by atoms with Crippen LogP contribution in [0.25, 0.3) is 0 Å². The van der Waals surface area contributed by atoms with Gasteiger partial charge in [-0.15, -0.1) is 11.3 Å². The summed E-state index contributed by atoms with van der Waals surface area (Å²) in [6.07, 6.45) is 0.542. The van der Waals surface area contributed by atoms with Crippen molar-refractivity contribution in [3.63, 3.8) is 0 Å². The molecular formula is C8H11BrN2OS. The highest BCUT2D eigenvalue weighted by Crippen LogP contribution is 2.05. The Morgan fingerprint density at radius 2 is 2.54 bits per heavy atom. The second kappa shape index (κ2) is 5.34. The van der Waals surface area contributed by atoms with Gasteiger partial charge in [0, 0.05) is 24.2 Å². The zero-order valence-corrected chi connectivity index (χ0v) is 9.77. The summed E-state index contributed by atoms with van der Waals surface area (Å²) in [6.45, 7) is 0.606. The Labute approximate surface area is 89.9 Å². The van der Waals surface area contributed by atoms with Crippen molar-refractivity contribution in [3.8, 4) is 0 Å². The average molecular weight is 263 g/mol. The summed E-state index contributed by atoms with van der Waals surface area (Å²) in [5.74, 6) is 0.143. The molecule has 1 aromatic rings. The van der Waals surface area contributed by atoms with E-state index in [1.165, 1.54) is 0 Å². The quantitative estimate of drug-likeness (QED) is 0.777. The molecule has 0 bridgehead atoms. The number of hydrogen-bond donors (Lipinski definition) is 0. The normalized spacial score (nSPS) is 10.0. The first kappa shape index (κ1) is 10.7. The standard InChI is InChI=1S/C8H11BrN2OS/c1-11(8(12)2-3-9)4-7-5-13-6-10-7/h5-6H,2-4H2,1H3. The molecule has 0 aliphatic heterocycles. The van der Waals surface area contributed by atoms with Gasteiger partial charge < -0.3 is 4.90 Å². The van der Waals surface area contributed by atoms with E-state index in [1.807, 2.05) is 5.38 Å². The molecule has 0 aromatic carbocycles. The van der Waals surface area contributed by atoms with E-state index < -0.39 is 0 Å². The lowest BCUT2D eigenvalue weighted by Crippen LogP contribution is -2.26. The fourth-order valence-corrected chi connectivity index (χ4v) is 1.81. The number of thiazole rings is 1. The van der Waals surface area contributed by atoms with Crippen LogP contribution in [0.5, 0.6) is 0 Å². The lowest BCUT2D eigenvalue weighted by molar-refractivity contribution is -0.129. The number of amides is 1. The number of nitrogens with zero attached hydrogens (tertiary/aromatic N) is 2. The molecular weight excluding hydrogens is 252 g/mol. The monoisotopic (exact) mass is 262 g/mol. The fourth-order valence-electron chi connectivity index (χ4n) is 0.918. The number of carbonyl (C=O) groups excluding carboxylic acids is 1. The fraction of sp³-hybridized carbons (Fsp3) is 0.500. The zero-order chi connectivity index (χ0) is 9.68. The molecule has 3 nitrogen and oxygen atoms in total. The van der Waals surface area contributed by atoms with Crippen LogP contribution in [0, 0.1) is 0 Å². The van der Waals surface area contributed by atoms with Gasteiger partial charge in [0.25, 0.3) is 0 Å². The Morgan fingerprint density at radius 3 is 3.08 bits per heavy atom. The van der Waals surface area contributed by atoms with E-state index in [0.717, 1.165) is 5.69 Å². The van der Waals surface area contributed by atoms with Crippen LogP contribution in [-0.2, 0) is 11.3 Å². The Balaban J connectivity index is 2.41. The minimum absolute atomic E-state index is 0.143. The van der Waals surface area contributed by atoms with E-state index in [2.05, 4.69) is 20.9 Å². The highest BCUT2D eigenvalue weighted by Gasteiger charge is 2.08. The lowest BCUT2D eigenvalue weighted by atomic mass is 10.4. The molecule has 1 amide bonds. The molecule has 1 rings (SSSR count). The summed E-state index contributed by atoms with van der Waals surface area (Å²) in [5, 5.41) is 2.67. The van der Waals surface area contributed by atoms with Crippen LogP contribution in [0.4, 0.5) is 0 Å². The maximum atomic E-state index is 11.3. The van der Waals surface area contributed by atoms with Gasteiger partial charge in [0.2, 0.25) is 5.91 Å². The molecule has 13 heavy (non-hydrogen) atoms. The summed E-state index contributed by atoms with van der Waals surface area (Å²) in [5.41, 5.74) is 2.73. The largest absolute Gasteiger partial charge is 0.340 e. The van der Waals surface area contributed by atoms with Crippen molar-refractivity contribution < 1.29 is 4.79 Å². The highest BCUT2D eigenvalue weighted by molar-refractivity contribution is 9.09. The average Bonchev–Trinajstić information content (AvgIpc) is 2.57. The van der Waals surface area contributed by atoms with Crippen molar-refractivity contribution in [2.75, 3.05) is 12.4 Å². The number of alkyl halides is 1. The van der Waals surface area contributed by atoms with E-state index in [1.54, 1.807) is 28.8 Å². The van der Waals surface area contributed by atoms with E-state index >= 15 is 0 Å². The van der Waals surface area contributed by atoms with Gasteiger partial charge in [-0.2, -0.15) is 0 Å². The van der Waals surface area contributed by atoms with Gasteiger partial charge in [-0.3, -0.25) is 4.79 Å². The minimum Gasteiger partial charge on any atom is -0.340 e.